The van der Waals surface area contributed by atoms with Crippen LogP contribution in [0.5, 0.6) is 5.75 Å². The molecule has 31 heavy (non-hydrogen) atoms. The van der Waals surface area contributed by atoms with Crippen LogP contribution in [0.4, 0.5) is 5.69 Å². The number of anilines is 1. The summed E-state index contributed by atoms with van der Waals surface area (Å²) in [4.78, 5) is 8.94. The molecule has 0 bridgehead atoms. The van der Waals surface area contributed by atoms with Gasteiger partial charge in [-0.25, -0.2) is 0 Å². The van der Waals surface area contributed by atoms with Gasteiger partial charge in [-0.05, 0) is 24.3 Å². The highest BCUT2D eigenvalue weighted by Gasteiger charge is 2.46. The Bertz CT molecular complexity index is 816. The van der Waals surface area contributed by atoms with Crippen LogP contribution in [0.3, 0.4) is 0 Å². The summed E-state index contributed by atoms with van der Waals surface area (Å²) in [5.41, 5.74) is 2.05. The number of aromatic nitrogens is 1. The van der Waals surface area contributed by atoms with Crippen molar-refractivity contribution in [2.45, 2.75) is 30.9 Å². The number of pyridine rings is 1. The molecule has 2 saturated heterocycles. The lowest BCUT2D eigenvalue weighted by atomic mass is 10.0. The zero-order chi connectivity index (χ0) is 21.6. The first kappa shape index (κ1) is 22.0. The van der Waals surface area contributed by atoms with Gasteiger partial charge in [-0.15, -0.1) is 0 Å². The van der Waals surface area contributed by atoms with Crippen LogP contribution in [-0.4, -0.2) is 90.9 Å². The fourth-order valence-electron chi connectivity index (χ4n) is 4.59. The van der Waals surface area contributed by atoms with Gasteiger partial charge < -0.3 is 29.9 Å². The van der Waals surface area contributed by atoms with Gasteiger partial charge in [0.1, 0.15) is 18.0 Å². The minimum atomic E-state index is -0.718. The van der Waals surface area contributed by atoms with E-state index in [2.05, 4.69) is 26.2 Å². The van der Waals surface area contributed by atoms with Crippen molar-refractivity contribution in [1.29, 1.82) is 0 Å². The van der Waals surface area contributed by atoms with Gasteiger partial charge in [-0.3, -0.25) is 9.88 Å². The van der Waals surface area contributed by atoms with Crippen LogP contribution < -0.4 is 15.0 Å². The molecule has 1 aromatic heterocycles. The van der Waals surface area contributed by atoms with Crippen LogP contribution in [-0.2, 0) is 11.3 Å². The summed E-state index contributed by atoms with van der Waals surface area (Å²) in [6.07, 6.45) is 0.301. The topological polar surface area (TPSA) is 90.3 Å². The summed E-state index contributed by atoms with van der Waals surface area (Å²) in [7, 11) is 1.69. The lowest BCUT2D eigenvalue weighted by molar-refractivity contribution is -0.0213. The summed E-state index contributed by atoms with van der Waals surface area (Å²) in [5.74, 6) is 0.872. The zero-order valence-electron chi connectivity index (χ0n) is 17.9. The number of benzene rings is 1. The van der Waals surface area contributed by atoms with E-state index in [1.807, 2.05) is 36.4 Å². The molecule has 3 heterocycles. The molecule has 4 rings (SSSR count). The Morgan fingerprint density at radius 3 is 2.58 bits per heavy atom. The first-order valence-corrected chi connectivity index (χ1v) is 10.9. The lowest BCUT2D eigenvalue weighted by Crippen LogP contribution is -2.57. The van der Waals surface area contributed by atoms with Crippen molar-refractivity contribution in [2.75, 3.05) is 51.3 Å². The normalized spacial score (nSPS) is 26.9. The quantitative estimate of drug-likeness (QED) is 0.560. The molecule has 0 amide bonds. The zero-order valence-corrected chi connectivity index (χ0v) is 17.9. The average molecular weight is 429 g/mol. The highest BCUT2D eigenvalue weighted by Crippen LogP contribution is 2.31. The number of aliphatic hydroxyl groups is 2. The summed E-state index contributed by atoms with van der Waals surface area (Å²) < 4.78 is 11.5. The third-order valence-electron chi connectivity index (χ3n) is 6.18. The van der Waals surface area contributed by atoms with Crippen LogP contribution in [0.25, 0.3) is 0 Å². The largest absolute Gasteiger partial charge is 0.495 e. The third-order valence-corrected chi connectivity index (χ3v) is 6.18. The van der Waals surface area contributed by atoms with E-state index >= 15 is 0 Å². The van der Waals surface area contributed by atoms with E-state index < -0.39 is 12.2 Å². The number of nitrogens with one attached hydrogen (secondary N) is 1. The first-order valence-electron chi connectivity index (χ1n) is 10.9. The van der Waals surface area contributed by atoms with Crippen LogP contribution in [0.1, 0.15) is 5.69 Å². The van der Waals surface area contributed by atoms with Crippen LogP contribution in [0.2, 0.25) is 0 Å². The van der Waals surface area contributed by atoms with E-state index in [-0.39, 0.29) is 18.8 Å². The van der Waals surface area contributed by atoms with Gasteiger partial charge >= 0.3 is 0 Å². The van der Waals surface area contributed by atoms with Crippen molar-refractivity contribution in [3.63, 3.8) is 0 Å². The smallest absolute Gasteiger partial charge is 0.142 e. The summed E-state index contributed by atoms with van der Waals surface area (Å²) >= 11 is 0. The Labute approximate surface area is 183 Å². The molecule has 8 nitrogen and oxygen atoms in total. The van der Waals surface area contributed by atoms with Gasteiger partial charge in [0, 0.05) is 45.5 Å². The second kappa shape index (κ2) is 10.4. The molecular formula is C23H32N4O4. The third kappa shape index (κ3) is 4.99. The molecule has 1 aromatic carbocycles. The maximum Gasteiger partial charge on any atom is 0.142 e. The Morgan fingerprint density at radius 1 is 1.10 bits per heavy atom. The molecule has 0 spiro atoms. The van der Waals surface area contributed by atoms with Gasteiger partial charge in [-0.1, -0.05) is 18.2 Å². The Morgan fingerprint density at radius 2 is 1.87 bits per heavy atom. The first-order chi connectivity index (χ1) is 15.2. The van der Waals surface area contributed by atoms with E-state index in [0.29, 0.717) is 13.1 Å². The second-order valence-electron chi connectivity index (χ2n) is 8.02. The molecule has 4 unspecified atom stereocenters. The van der Waals surface area contributed by atoms with Crippen molar-refractivity contribution in [3.8, 4) is 5.75 Å². The summed E-state index contributed by atoms with van der Waals surface area (Å²) in [5, 5.41) is 23.9. The lowest BCUT2D eigenvalue weighted by Gasteiger charge is -2.41. The number of para-hydroxylation sites is 2. The standard InChI is InChI=1S/C23H32N4O4/c1-30-19-8-3-2-7-18(19)26-10-12-27(13-11-26)22-20(31-21(16-28)23(22)29)15-24-14-17-6-4-5-9-25-17/h2-9,20-24,28-29H,10-16H2,1H3. The number of nitrogens with zero attached hydrogens (tertiary/aromatic N) is 3. The summed E-state index contributed by atoms with van der Waals surface area (Å²) in [6, 6.07) is 13.7. The van der Waals surface area contributed by atoms with E-state index in [1.165, 1.54) is 0 Å². The monoisotopic (exact) mass is 428 g/mol. The van der Waals surface area contributed by atoms with Crippen LogP contribution in [0.15, 0.2) is 48.7 Å². The van der Waals surface area contributed by atoms with Crippen molar-refractivity contribution >= 4 is 5.69 Å². The Kier molecular flexibility index (Phi) is 7.37. The number of hydrogen-bond donors (Lipinski definition) is 3. The molecule has 0 radical (unpaired) electrons. The molecule has 168 valence electrons. The fourth-order valence-corrected chi connectivity index (χ4v) is 4.59. The van der Waals surface area contributed by atoms with Crippen LogP contribution >= 0.6 is 0 Å². The Hall–Kier alpha value is -2.23. The highest BCUT2D eigenvalue weighted by molar-refractivity contribution is 5.58. The van der Waals surface area contributed by atoms with Gasteiger partial charge in [-0.2, -0.15) is 0 Å². The second-order valence-corrected chi connectivity index (χ2v) is 8.02. The molecular weight excluding hydrogens is 396 g/mol. The molecule has 2 aliphatic rings. The maximum absolute atomic E-state index is 10.9. The number of hydrogen-bond acceptors (Lipinski definition) is 8. The van der Waals surface area contributed by atoms with E-state index in [9.17, 15) is 10.2 Å². The number of piperazine rings is 1. The molecule has 8 heteroatoms. The summed E-state index contributed by atoms with van der Waals surface area (Å²) in [6.45, 7) is 4.31. The SMILES string of the molecule is COc1ccccc1N1CCN(C2C(CNCc3ccccn3)OC(CO)C2O)CC1. The van der Waals surface area contributed by atoms with Gasteiger partial charge in [0.25, 0.3) is 0 Å². The minimum Gasteiger partial charge on any atom is -0.495 e. The van der Waals surface area contributed by atoms with Crippen molar-refractivity contribution in [1.82, 2.24) is 15.2 Å². The van der Waals surface area contributed by atoms with Crippen molar-refractivity contribution in [3.05, 3.63) is 54.4 Å². The van der Waals surface area contributed by atoms with E-state index in [0.717, 1.165) is 43.3 Å². The van der Waals surface area contributed by atoms with Crippen molar-refractivity contribution < 1.29 is 19.7 Å². The molecule has 2 aromatic rings. The minimum absolute atomic E-state index is 0.159. The van der Waals surface area contributed by atoms with Crippen LogP contribution in [0, 0.1) is 0 Å². The van der Waals surface area contributed by atoms with E-state index in [4.69, 9.17) is 9.47 Å². The van der Waals surface area contributed by atoms with Gasteiger partial charge in [0.15, 0.2) is 0 Å². The number of rotatable bonds is 8. The molecule has 0 aliphatic carbocycles. The van der Waals surface area contributed by atoms with Crippen molar-refractivity contribution in [2.24, 2.45) is 0 Å². The highest BCUT2D eigenvalue weighted by atomic mass is 16.5. The van der Waals surface area contributed by atoms with Gasteiger partial charge in [0.05, 0.1) is 37.2 Å². The predicted octanol–water partition coefficient (Wildman–Crippen LogP) is 0.491. The van der Waals surface area contributed by atoms with E-state index in [1.54, 1.807) is 13.3 Å². The molecule has 2 aliphatic heterocycles. The molecule has 3 N–H and O–H groups in total. The number of methoxy groups -OCH3 is 1. The Balaban J connectivity index is 1.37. The number of aliphatic hydroxyl groups excluding tert-OH is 2. The average Bonchev–Trinajstić information content (AvgIpc) is 3.15. The molecule has 4 atom stereocenters. The molecule has 2 fully saturated rings. The molecule has 0 saturated carbocycles. The fraction of sp³-hybridized carbons (Fsp3) is 0.522. The van der Waals surface area contributed by atoms with Gasteiger partial charge in [0.2, 0.25) is 0 Å². The number of ether oxygens (including phenoxy) is 2. The predicted molar refractivity (Wildman–Crippen MR) is 118 cm³/mol. The maximum atomic E-state index is 10.9.